The van der Waals surface area contributed by atoms with Crippen molar-refractivity contribution in [2.75, 3.05) is 53.0 Å². The number of amides is 1. The fourth-order valence-electron chi connectivity index (χ4n) is 3.38. The van der Waals surface area contributed by atoms with E-state index in [9.17, 15) is 4.79 Å². The topological polar surface area (TPSA) is 51.2 Å². The summed E-state index contributed by atoms with van der Waals surface area (Å²) in [6, 6.07) is 5.71. The Morgan fingerprint density at radius 1 is 1.24 bits per heavy atom. The van der Waals surface area contributed by atoms with Gasteiger partial charge in [0, 0.05) is 39.3 Å². The molecular weight excluding hydrogens is 320 g/mol. The Morgan fingerprint density at radius 3 is 2.72 bits per heavy atom. The maximum absolute atomic E-state index is 12.4. The third kappa shape index (κ3) is 4.86. The van der Waals surface area contributed by atoms with Gasteiger partial charge in [-0.3, -0.25) is 9.69 Å². The molecule has 2 aliphatic heterocycles. The molecule has 138 valence electrons. The van der Waals surface area contributed by atoms with Gasteiger partial charge in [-0.25, -0.2) is 0 Å². The normalized spacial score (nSPS) is 21.4. The number of piperazine rings is 1. The number of carbonyl (C=O) groups excluding carboxylic acids is 1. The summed E-state index contributed by atoms with van der Waals surface area (Å²) in [5, 5.41) is 0. The van der Waals surface area contributed by atoms with E-state index >= 15 is 0 Å². The number of benzene rings is 1. The smallest absolute Gasteiger partial charge is 0.260 e. The van der Waals surface area contributed by atoms with E-state index in [2.05, 4.69) is 4.90 Å². The molecule has 0 aromatic heterocycles. The minimum atomic E-state index is 0.0272. The highest BCUT2D eigenvalue weighted by molar-refractivity contribution is 5.78. The van der Waals surface area contributed by atoms with Crippen molar-refractivity contribution >= 4 is 5.91 Å². The first-order valence-corrected chi connectivity index (χ1v) is 9.05. The third-order valence-corrected chi connectivity index (χ3v) is 4.88. The highest BCUT2D eigenvalue weighted by Gasteiger charge is 2.25. The molecule has 6 nitrogen and oxygen atoms in total. The van der Waals surface area contributed by atoms with Crippen molar-refractivity contribution in [3.05, 3.63) is 23.8 Å². The van der Waals surface area contributed by atoms with Crippen LogP contribution < -0.4 is 9.47 Å². The van der Waals surface area contributed by atoms with Crippen LogP contribution in [0.25, 0.3) is 0 Å². The van der Waals surface area contributed by atoms with E-state index < -0.39 is 0 Å². The van der Waals surface area contributed by atoms with Crippen LogP contribution in [0.5, 0.6) is 11.5 Å². The van der Waals surface area contributed by atoms with Crippen LogP contribution in [-0.2, 0) is 9.53 Å². The standard InChI is InChI=1S/C19H28N2O4/c1-15-5-6-17(18(12-15)23-2)25-14-19(22)21-9-7-20(8-10-21)13-16-4-3-11-24-16/h5-6,12,16H,3-4,7-11,13-14H2,1-2H3. The van der Waals surface area contributed by atoms with E-state index in [1.165, 1.54) is 6.42 Å². The van der Waals surface area contributed by atoms with Crippen LogP contribution in [0.3, 0.4) is 0 Å². The molecule has 1 unspecified atom stereocenters. The number of methoxy groups -OCH3 is 1. The number of carbonyl (C=O) groups is 1. The Kier molecular flexibility index (Phi) is 6.15. The van der Waals surface area contributed by atoms with Crippen LogP contribution in [-0.4, -0.2) is 74.9 Å². The first kappa shape index (κ1) is 18.0. The summed E-state index contributed by atoms with van der Waals surface area (Å²) < 4.78 is 16.7. The molecule has 6 heteroatoms. The van der Waals surface area contributed by atoms with Crippen LogP contribution in [0.15, 0.2) is 18.2 Å². The molecule has 1 amide bonds. The molecular formula is C19H28N2O4. The van der Waals surface area contributed by atoms with Crippen LogP contribution in [0.2, 0.25) is 0 Å². The average Bonchev–Trinajstić information content (AvgIpc) is 3.14. The lowest BCUT2D eigenvalue weighted by atomic mass is 10.2. The van der Waals surface area contributed by atoms with Gasteiger partial charge >= 0.3 is 0 Å². The lowest BCUT2D eigenvalue weighted by Crippen LogP contribution is -2.51. The van der Waals surface area contributed by atoms with E-state index in [1.807, 2.05) is 30.0 Å². The SMILES string of the molecule is COc1cc(C)ccc1OCC(=O)N1CCN(CC2CCCO2)CC1. The van der Waals surface area contributed by atoms with Gasteiger partial charge in [0.2, 0.25) is 0 Å². The number of aryl methyl sites for hydroxylation is 1. The lowest BCUT2D eigenvalue weighted by molar-refractivity contribution is -0.135. The van der Waals surface area contributed by atoms with E-state index in [0.717, 1.165) is 51.3 Å². The van der Waals surface area contributed by atoms with Crippen molar-refractivity contribution < 1.29 is 19.0 Å². The van der Waals surface area contributed by atoms with Gasteiger partial charge in [0.05, 0.1) is 13.2 Å². The fourth-order valence-corrected chi connectivity index (χ4v) is 3.38. The quantitative estimate of drug-likeness (QED) is 0.783. The first-order chi connectivity index (χ1) is 12.2. The number of rotatable bonds is 6. The summed E-state index contributed by atoms with van der Waals surface area (Å²) in [6.07, 6.45) is 2.70. The molecule has 0 saturated carbocycles. The number of nitrogens with zero attached hydrogens (tertiary/aromatic N) is 2. The predicted molar refractivity (Wildman–Crippen MR) is 95.2 cm³/mol. The van der Waals surface area contributed by atoms with Gasteiger partial charge in [0.25, 0.3) is 5.91 Å². The summed E-state index contributed by atoms with van der Waals surface area (Å²) >= 11 is 0. The number of hydrogen-bond acceptors (Lipinski definition) is 5. The van der Waals surface area contributed by atoms with Crippen molar-refractivity contribution in [1.82, 2.24) is 9.80 Å². The van der Waals surface area contributed by atoms with Crippen molar-refractivity contribution in [3.63, 3.8) is 0 Å². The van der Waals surface area contributed by atoms with Gasteiger partial charge in [-0.05, 0) is 37.5 Å². The molecule has 1 atom stereocenters. The lowest BCUT2D eigenvalue weighted by Gasteiger charge is -2.35. The molecule has 3 rings (SSSR count). The van der Waals surface area contributed by atoms with Gasteiger partial charge in [0.15, 0.2) is 18.1 Å². The van der Waals surface area contributed by atoms with E-state index in [-0.39, 0.29) is 12.5 Å². The zero-order valence-corrected chi connectivity index (χ0v) is 15.2. The maximum Gasteiger partial charge on any atom is 0.260 e. The highest BCUT2D eigenvalue weighted by Crippen LogP contribution is 2.27. The fraction of sp³-hybridized carbons (Fsp3) is 0.632. The minimum Gasteiger partial charge on any atom is -0.493 e. The Morgan fingerprint density at radius 2 is 2.04 bits per heavy atom. The first-order valence-electron chi connectivity index (χ1n) is 9.05. The van der Waals surface area contributed by atoms with Gasteiger partial charge < -0.3 is 19.1 Å². The molecule has 1 aromatic carbocycles. The summed E-state index contributed by atoms with van der Waals surface area (Å²) in [4.78, 5) is 16.7. The summed E-state index contributed by atoms with van der Waals surface area (Å²) in [6.45, 7) is 7.22. The van der Waals surface area contributed by atoms with Gasteiger partial charge in [-0.1, -0.05) is 6.07 Å². The zero-order chi connectivity index (χ0) is 17.6. The molecule has 2 heterocycles. The van der Waals surface area contributed by atoms with Crippen LogP contribution >= 0.6 is 0 Å². The summed E-state index contributed by atoms with van der Waals surface area (Å²) in [5.41, 5.74) is 1.10. The van der Waals surface area contributed by atoms with E-state index in [4.69, 9.17) is 14.2 Å². The molecule has 2 aliphatic rings. The third-order valence-electron chi connectivity index (χ3n) is 4.88. The van der Waals surface area contributed by atoms with Crippen LogP contribution in [0.1, 0.15) is 18.4 Å². The molecule has 25 heavy (non-hydrogen) atoms. The summed E-state index contributed by atoms with van der Waals surface area (Å²) in [5.74, 6) is 1.30. The molecule has 2 fully saturated rings. The minimum absolute atomic E-state index is 0.0272. The second-order valence-electron chi connectivity index (χ2n) is 6.76. The number of ether oxygens (including phenoxy) is 3. The van der Waals surface area contributed by atoms with Crippen molar-refractivity contribution in [1.29, 1.82) is 0 Å². The van der Waals surface area contributed by atoms with Crippen molar-refractivity contribution in [2.24, 2.45) is 0 Å². The van der Waals surface area contributed by atoms with Gasteiger partial charge in [-0.15, -0.1) is 0 Å². The Bertz CT molecular complexity index is 579. The molecule has 0 bridgehead atoms. The van der Waals surface area contributed by atoms with Gasteiger partial charge in [0.1, 0.15) is 0 Å². The summed E-state index contributed by atoms with van der Waals surface area (Å²) in [7, 11) is 1.61. The maximum atomic E-state index is 12.4. The Labute approximate surface area is 149 Å². The van der Waals surface area contributed by atoms with E-state index in [1.54, 1.807) is 7.11 Å². The van der Waals surface area contributed by atoms with Crippen molar-refractivity contribution in [3.8, 4) is 11.5 Å². The van der Waals surface area contributed by atoms with Gasteiger partial charge in [-0.2, -0.15) is 0 Å². The van der Waals surface area contributed by atoms with Crippen LogP contribution in [0, 0.1) is 6.92 Å². The van der Waals surface area contributed by atoms with Crippen LogP contribution in [0.4, 0.5) is 0 Å². The highest BCUT2D eigenvalue weighted by atomic mass is 16.5. The molecule has 1 aromatic rings. The average molecular weight is 348 g/mol. The van der Waals surface area contributed by atoms with Crippen molar-refractivity contribution in [2.45, 2.75) is 25.9 Å². The Hall–Kier alpha value is -1.79. The second-order valence-corrected chi connectivity index (χ2v) is 6.76. The zero-order valence-electron chi connectivity index (χ0n) is 15.2. The predicted octanol–water partition coefficient (Wildman–Crippen LogP) is 1.71. The molecule has 0 radical (unpaired) electrons. The molecule has 0 N–H and O–H groups in total. The monoisotopic (exact) mass is 348 g/mol. The molecule has 2 saturated heterocycles. The molecule has 0 spiro atoms. The molecule has 0 aliphatic carbocycles. The Balaban J connectivity index is 1.43. The number of hydrogen-bond donors (Lipinski definition) is 0. The second kappa shape index (κ2) is 8.54. The van der Waals surface area contributed by atoms with E-state index in [0.29, 0.717) is 17.6 Å². The largest absolute Gasteiger partial charge is 0.493 e.